The number of esters is 2. The number of nitriles is 2. The molecule has 2 unspecified atom stereocenters. The van der Waals surface area contributed by atoms with Crippen molar-refractivity contribution in [2.75, 3.05) is 20.8 Å². The van der Waals surface area contributed by atoms with Gasteiger partial charge in [-0.25, -0.2) is 0 Å². The summed E-state index contributed by atoms with van der Waals surface area (Å²) in [7, 11) is 2.70. The fraction of sp³-hybridized carbons (Fsp3) is 0.250. The van der Waals surface area contributed by atoms with Gasteiger partial charge in [0.25, 0.3) is 0 Å². The number of pyridine rings is 1. The minimum absolute atomic E-state index is 0.0189. The lowest BCUT2D eigenvalue weighted by Gasteiger charge is -2.35. The van der Waals surface area contributed by atoms with Crippen LogP contribution in [0.15, 0.2) is 66.9 Å². The Morgan fingerprint density at radius 2 is 1.69 bits per heavy atom. The fourth-order valence-electron chi connectivity index (χ4n) is 4.28. The molecule has 36 heavy (non-hydrogen) atoms. The maximum atomic E-state index is 13.5. The summed E-state index contributed by atoms with van der Waals surface area (Å²) in [4.78, 5) is 31.3. The topological polar surface area (TPSA) is 122 Å². The molecule has 0 radical (unpaired) electrons. The van der Waals surface area contributed by atoms with E-state index in [4.69, 9.17) is 14.2 Å². The highest BCUT2D eigenvalue weighted by Gasteiger charge is 2.57. The van der Waals surface area contributed by atoms with Crippen molar-refractivity contribution < 1.29 is 23.8 Å². The molecule has 182 valence electrons. The standard InChI is InChI=1S/C28H25N3O5/c1-4-36-27(33)28(15-16-29,26(32)35-3)24(20-8-6-5-7-9-20)25-23(18-30)22(14-17-31-25)19-10-12-21(34-2)13-11-19/h5-14,17,24H,4,15H2,1-3H3. The number of carbonyl (C=O) groups is 2. The first-order valence-corrected chi connectivity index (χ1v) is 11.2. The summed E-state index contributed by atoms with van der Waals surface area (Å²) in [5, 5.41) is 20.0. The minimum atomic E-state index is -2.10. The molecule has 3 rings (SSSR count). The molecule has 2 atom stereocenters. The first-order valence-electron chi connectivity index (χ1n) is 11.2. The molecule has 1 heterocycles. The van der Waals surface area contributed by atoms with Gasteiger partial charge in [0.2, 0.25) is 0 Å². The molecular weight excluding hydrogens is 458 g/mol. The molecule has 0 amide bonds. The SMILES string of the molecule is CCOC(=O)C(CC#N)(C(=O)OC)C(c1ccccc1)c1nccc(-c2ccc(OC)cc2)c1C#N. The van der Waals surface area contributed by atoms with Crippen molar-refractivity contribution in [2.45, 2.75) is 19.3 Å². The van der Waals surface area contributed by atoms with Crippen molar-refractivity contribution in [1.29, 1.82) is 10.5 Å². The monoisotopic (exact) mass is 483 g/mol. The van der Waals surface area contributed by atoms with Crippen LogP contribution in [0.3, 0.4) is 0 Å². The molecule has 0 saturated carbocycles. The molecule has 2 aromatic carbocycles. The molecule has 0 aliphatic carbocycles. The van der Waals surface area contributed by atoms with Crippen LogP contribution in [-0.4, -0.2) is 37.7 Å². The number of hydrogen-bond donors (Lipinski definition) is 0. The minimum Gasteiger partial charge on any atom is -0.497 e. The molecule has 0 spiro atoms. The predicted molar refractivity (Wildman–Crippen MR) is 131 cm³/mol. The molecular formula is C28H25N3O5. The summed E-state index contributed by atoms with van der Waals surface area (Å²) in [5.74, 6) is -2.36. The van der Waals surface area contributed by atoms with Crippen LogP contribution in [0.1, 0.15) is 36.1 Å². The summed E-state index contributed by atoms with van der Waals surface area (Å²) in [6.45, 7) is 1.59. The third-order valence-electron chi connectivity index (χ3n) is 5.94. The summed E-state index contributed by atoms with van der Waals surface area (Å²) in [6.07, 6.45) is 0.961. The van der Waals surface area contributed by atoms with Crippen LogP contribution in [0.5, 0.6) is 5.75 Å². The summed E-state index contributed by atoms with van der Waals surface area (Å²) in [6, 6.07) is 21.6. The van der Waals surface area contributed by atoms with E-state index in [0.29, 0.717) is 22.4 Å². The number of carbonyl (C=O) groups excluding carboxylic acids is 2. The zero-order valence-electron chi connectivity index (χ0n) is 20.2. The largest absolute Gasteiger partial charge is 0.497 e. The first-order chi connectivity index (χ1) is 17.5. The van der Waals surface area contributed by atoms with Crippen molar-refractivity contribution in [3.63, 3.8) is 0 Å². The molecule has 3 aromatic rings. The average Bonchev–Trinajstić information content (AvgIpc) is 2.92. The smallest absolute Gasteiger partial charge is 0.325 e. The van der Waals surface area contributed by atoms with Crippen LogP contribution >= 0.6 is 0 Å². The van der Waals surface area contributed by atoms with Crippen molar-refractivity contribution >= 4 is 11.9 Å². The van der Waals surface area contributed by atoms with Crippen LogP contribution in [0, 0.1) is 28.1 Å². The maximum absolute atomic E-state index is 13.5. The molecule has 0 bridgehead atoms. The Hall–Kier alpha value is -4.69. The van der Waals surface area contributed by atoms with E-state index in [9.17, 15) is 20.1 Å². The summed E-state index contributed by atoms with van der Waals surface area (Å²) < 4.78 is 15.6. The number of aromatic nitrogens is 1. The summed E-state index contributed by atoms with van der Waals surface area (Å²) >= 11 is 0. The van der Waals surface area contributed by atoms with Crippen molar-refractivity contribution in [3.05, 3.63) is 83.7 Å². The fourth-order valence-corrected chi connectivity index (χ4v) is 4.28. The highest BCUT2D eigenvalue weighted by molar-refractivity contribution is 6.02. The molecule has 0 aliphatic rings. The molecule has 0 fully saturated rings. The van der Waals surface area contributed by atoms with Crippen LogP contribution in [0.4, 0.5) is 0 Å². The summed E-state index contributed by atoms with van der Waals surface area (Å²) in [5.41, 5.74) is -0.0220. The zero-order chi connectivity index (χ0) is 26.1. The van der Waals surface area contributed by atoms with Gasteiger partial charge in [-0.05, 0) is 36.2 Å². The lowest BCUT2D eigenvalue weighted by molar-refractivity contribution is -0.171. The highest BCUT2D eigenvalue weighted by Crippen LogP contribution is 2.47. The quantitative estimate of drug-likeness (QED) is 0.324. The van der Waals surface area contributed by atoms with Gasteiger partial charge in [0, 0.05) is 11.8 Å². The van der Waals surface area contributed by atoms with Gasteiger partial charge in [-0.3, -0.25) is 14.6 Å². The molecule has 8 heteroatoms. The molecule has 0 saturated heterocycles. The van der Waals surface area contributed by atoms with E-state index in [0.717, 1.165) is 7.11 Å². The van der Waals surface area contributed by atoms with Crippen molar-refractivity contribution in [1.82, 2.24) is 4.98 Å². The van der Waals surface area contributed by atoms with E-state index in [-0.39, 0.29) is 17.9 Å². The van der Waals surface area contributed by atoms with Crippen LogP contribution in [0.25, 0.3) is 11.1 Å². The molecule has 1 aromatic heterocycles. The van der Waals surface area contributed by atoms with Gasteiger partial charge in [-0.15, -0.1) is 0 Å². The lowest BCUT2D eigenvalue weighted by atomic mass is 9.67. The Balaban J connectivity index is 2.39. The van der Waals surface area contributed by atoms with Gasteiger partial charge in [0.05, 0.1) is 50.5 Å². The zero-order valence-corrected chi connectivity index (χ0v) is 20.2. The van der Waals surface area contributed by atoms with E-state index in [1.165, 1.54) is 6.20 Å². The Morgan fingerprint density at radius 1 is 1.00 bits per heavy atom. The van der Waals surface area contributed by atoms with Crippen LogP contribution in [-0.2, 0) is 19.1 Å². The maximum Gasteiger partial charge on any atom is 0.325 e. The lowest BCUT2D eigenvalue weighted by Crippen LogP contribution is -2.47. The second kappa shape index (κ2) is 11.6. The number of benzene rings is 2. The Kier molecular flexibility index (Phi) is 8.38. The number of nitrogens with zero attached hydrogens (tertiary/aromatic N) is 3. The average molecular weight is 484 g/mol. The molecule has 0 aliphatic heterocycles. The van der Waals surface area contributed by atoms with E-state index in [1.807, 2.05) is 6.07 Å². The number of ether oxygens (including phenoxy) is 3. The second-order valence-corrected chi connectivity index (χ2v) is 7.82. The van der Waals surface area contributed by atoms with Crippen LogP contribution in [0.2, 0.25) is 0 Å². The Bertz CT molecular complexity index is 1310. The molecule has 8 nitrogen and oxygen atoms in total. The number of rotatable bonds is 9. The Morgan fingerprint density at radius 3 is 2.25 bits per heavy atom. The van der Waals surface area contributed by atoms with Gasteiger partial charge in [-0.1, -0.05) is 42.5 Å². The first kappa shape index (κ1) is 25.9. The van der Waals surface area contributed by atoms with Crippen molar-refractivity contribution in [2.24, 2.45) is 5.41 Å². The normalized spacial score (nSPS) is 12.8. The highest BCUT2D eigenvalue weighted by atomic mass is 16.6. The second-order valence-electron chi connectivity index (χ2n) is 7.82. The number of hydrogen-bond acceptors (Lipinski definition) is 8. The van der Waals surface area contributed by atoms with Gasteiger partial charge in [0.1, 0.15) is 11.8 Å². The molecule has 0 N–H and O–H groups in total. The van der Waals surface area contributed by atoms with E-state index >= 15 is 0 Å². The van der Waals surface area contributed by atoms with E-state index in [1.54, 1.807) is 74.7 Å². The van der Waals surface area contributed by atoms with Crippen LogP contribution < -0.4 is 4.74 Å². The van der Waals surface area contributed by atoms with Crippen molar-refractivity contribution in [3.8, 4) is 29.0 Å². The van der Waals surface area contributed by atoms with Gasteiger partial charge in [-0.2, -0.15) is 10.5 Å². The van der Waals surface area contributed by atoms with Gasteiger partial charge in [0.15, 0.2) is 5.41 Å². The van der Waals surface area contributed by atoms with E-state index < -0.39 is 29.7 Å². The van der Waals surface area contributed by atoms with Gasteiger partial charge < -0.3 is 14.2 Å². The van der Waals surface area contributed by atoms with E-state index in [2.05, 4.69) is 11.1 Å². The number of methoxy groups -OCH3 is 2. The third-order valence-corrected chi connectivity index (χ3v) is 5.94. The Labute approximate surface area is 209 Å². The predicted octanol–water partition coefficient (Wildman–Crippen LogP) is 4.40. The third kappa shape index (κ3) is 4.75. The van der Waals surface area contributed by atoms with Gasteiger partial charge >= 0.3 is 11.9 Å².